The van der Waals surface area contributed by atoms with Crippen LogP contribution in [0.1, 0.15) is 0 Å². The van der Waals surface area contributed by atoms with E-state index in [1.807, 2.05) is 0 Å². The maximum absolute atomic E-state index is 2.39. The molecule has 0 amide bonds. The number of fused-ring (bicyclic) bond motifs is 3. The first-order valence-corrected chi connectivity index (χ1v) is 23.3. The quantitative estimate of drug-likeness (QED) is 0.135. The summed E-state index contributed by atoms with van der Waals surface area (Å²) in [7, 11) is 0. The van der Waals surface area contributed by atoms with Crippen LogP contribution in [-0.2, 0) is 0 Å². The van der Waals surface area contributed by atoms with Crippen LogP contribution in [0.5, 0.6) is 0 Å². The topological polar surface area (TPSA) is 6.48 Å². The Balaban J connectivity index is 0.904. The van der Waals surface area contributed by atoms with Crippen molar-refractivity contribution in [3.05, 3.63) is 279 Å². The molecule has 0 aliphatic heterocycles. The maximum Gasteiger partial charge on any atom is 0.0540 e. The first kappa shape index (κ1) is 40.5. The maximum atomic E-state index is 2.39. The highest BCUT2D eigenvalue weighted by atomic mass is 15.1. The lowest BCUT2D eigenvalue weighted by atomic mass is 9.93. The van der Waals surface area contributed by atoms with Crippen molar-refractivity contribution in [3.63, 3.8) is 0 Å². The zero-order valence-electron chi connectivity index (χ0n) is 37.5. The molecule has 0 atom stereocenters. The highest BCUT2D eigenvalue weighted by Gasteiger charge is 2.19. The van der Waals surface area contributed by atoms with Gasteiger partial charge in [-0.25, -0.2) is 0 Å². The molecular formula is C66H46N2. The number of nitrogens with zero attached hydrogens (tertiary/aromatic N) is 2. The minimum atomic E-state index is 1.09. The smallest absolute Gasteiger partial charge is 0.0540 e. The van der Waals surface area contributed by atoms with Crippen LogP contribution in [0.25, 0.3) is 76.8 Å². The first-order chi connectivity index (χ1) is 33.7. The van der Waals surface area contributed by atoms with E-state index < -0.39 is 0 Å². The second-order valence-electron chi connectivity index (χ2n) is 17.4. The summed E-state index contributed by atoms with van der Waals surface area (Å²) in [5.41, 5.74) is 16.1. The summed E-state index contributed by atoms with van der Waals surface area (Å²) in [5.74, 6) is 0. The van der Waals surface area contributed by atoms with Gasteiger partial charge in [-0.15, -0.1) is 0 Å². The van der Waals surface area contributed by atoms with Gasteiger partial charge >= 0.3 is 0 Å². The van der Waals surface area contributed by atoms with E-state index in [0.717, 1.165) is 45.3 Å². The molecule has 0 N–H and O–H groups in total. The molecule has 0 aromatic heterocycles. The van der Waals surface area contributed by atoms with E-state index in [-0.39, 0.29) is 0 Å². The predicted octanol–water partition coefficient (Wildman–Crippen LogP) is 18.8. The molecule has 0 saturated carbocycles. The zero-order chi connectivity index (χ0) is 45.2. The normalized spacial score (nSPS) is 11.2. The molecule has 0 radical (unpaired) electrons. The summed E-state index contributed by atoms with van der Waals surface area (Å²) in [6.45, 7) is 0. The summed E-state index contributed by atoms with van der Waals surface area (Å²) in [6, 6.07) is 101. The van der Waals surface area contributed by atoms with Crippen molar-refractivity contribution < 1.29 is 0 Å². The SMILES string of the molecule is c1ccc(-c2cc(-c3ccccc3)cc(-c3ccc(N(c4ccc(-c5ccc(N(c6ccc7ccccc7c6)c6cccc7ccccc67)cc5)cc4)c4cccc5ccccc45)cc3)c2)cc1. The van der Waals surface area contributed by atoms with Crippen LogP contribution in [0.3, 0.4) is 0 Å². The second kappa shape index (κ2) is 17.8. The Kier molecular flexibility index (Phi) is 10.6. The molecule has 0 unspecified atom stereocenters. The molecule has 0 fully saturated rings. The summed E-state index contributed by atoms with van der Waals surface area (Å²) >= 11 is 0. The average Bonchev–Trinajstić information content (AvgIpc) is 3.42. The third kappa shape index (κ3) is 7.85. The third-order valence-electron chi connectivity index (χ3n) is 13.2. The van der Waals surface area contributed by atoms with Crippen LogP contribution in [0.15, 0.2) is 279 Å². The van der Waals surface area contributed by atoms with Crippen LogP contribution in [0, 0.1) is 0 Å². The molecule has 0 saturated heterocycles. The Labute approximate surface area is 397 Å². The molecule has 12 aromatic rings. The molecule has 0 heterocycles. The molecule has 12 aromatic carbocycles. The minimum absolute atomic E-state index is 1.09. The van der Waals surface area contributed by atoms with E-state index in [4.69, 9.17) is 0 Å². The van der Waals surface area contributed by atoms with E-state index in [1.54, 1.807) is 0 Å². The zero-order valence-corrected chi connectivity index (χ0v) is 37.5. The highest BCUT2D eigenvalue weighted by molar-refractivity contribution is 6.01. The molecule has 0 aliphatic rings. The molecule has 0 spiro atoms. The van der Waals surface area contributed by atoms with Crippen LogP contribution >= 0.6 is 0 Å². The van der Waals surface area contributed by atoms with Crippen molar-refractivity contribution in [2.45, 2.75) is 0 Å². The van der Waals surface area contributed by atoms with E-state index in [2.05, 4.69) is 289 Å². The Morgan fingerprint density at radius 3 is 0.956 bits per heavy atom. The summed E-state index contributed by atoms with van der Waals surface area (Å²) in [5, 5.41) is 7.27. The molecule has 2 heteroatoms. The fourth-order valence-electron chi connectivity index (χ4n) is 9.77. The first-order valence-electron chi connectivity index (χ1n) is 23.3. The van der Waals surface area contributed by atoms with Gasteiger partial charge in [-0.05, 0) is 145 Å². The molecule has 12 rings (SSSR count). The van der Waals surface area contributed by atoms with Gasteiger partial charge in [0.05, 0.1) is 11.4 Å². The van der Waals surface area contributed by atoms with Gasteiger partial charge in [0.2, 0.25) is 0 Å². The van der Waals surface area contributed by atoms with Gasteiger partial charge in [-0.1, -0.05) is 200 Å². The Morgan fingerprint density at radius 2 is 0.500 bits per heavy atom. The highest BCUT2D eigenvalue weighted by Crippen LogP contribution is 2.43. The van der Waals surface area contributed by atoms with E-state index in [0.29, 0.717) is 0 Å². The van der Waals surface area contributed by atoms with Crippen LogP contribution < -0.4 is 9.80 Å². The van der Waals surface area contributed by atoms with Crippen molar-refractivity contribution in [1.29, 1.82) is 0 Å². The van der Waals surface area contributed by atoms with Crippen LogP contribution in [0.2, 0.25) is 0 Å². The Hall–Kier alpha value is -8.98. The Bertz CT molecular complexity index is 3640. The van der Waals surface area contributed by atoms with Crippen LogP contribution in [-0.4, -0.2) is 0 Å². The van der Waals surface area contributed by atoms with Crippen molar-refractivity contribution in [3.8, 4) is 44.5 Å². The van der Waals surface area contributed by atoms with Crippen LogP contribution in [0.4, 0.5) is 34.1 Å². The van der Waals surface area contributed by atoms with Gasteiger partial charge in [-0.3, -0.25) is 0 Å². The number of benzene rings is 12. The van der Waals surface area contributed by atoms with Crippen molar-refractivity contribution >= 4 is 66.4 Å². The summed E-state index contributed by atoms with van der Waals surface area (Å²) < 4.78 is 0. The van der Waals surface area contributed by atoms with E-state index in [9.17, 15) is 0 Å². The molecule has 68 heavy (non-hydrogen) atoms. The molecule has 0 aliphatic carbocycles. The molecule has 2 nitrogen and oxygen atoms in total. The molecular weight excluding hydrogens is 821 g/mol. The lowest BCUT2D eigenvalue weighted by Crippen LogP contribution is -2.10. The van der Waals surface area contributed by atoms with Crippen molar-refractivity contribution in [1.82, 2.24) is 0 Å². The lowest BCUT2D eigenvalue weighted by molar-refractivity contribution is 1.29. The monoisotopic (exact) mass is 866 g/mol. The van der Waals surface area contributed by atoms with Gasteiger partial charge in [0.25, 0.3) is 0 Å². The van der Waals surface area contributed by atoms with Gasteiger partial charge in [-0.2, -0.15) is 0 Å². The largest absolute Gasteiger partial charge is 0.310 e. The third-order valence-corrected chi connectivity index (χ3v) is 13.2. The lowest BCUT2D eigenvalue weighted by Gasteiger charge is -2.28. The standard InChI is InChI=1S/C66H46N2/c1-3-15-47(16-4-1)56-43-57(48-17-5-2-6-18-48)45-58(44-56)52-33-40-60(41-34-52)67(65-27-13-23-53-20-9-11-25-63(53)65)59-36-29-50(30-37-59)51-31-38-61(39-32-51)68(62-42-35-49-19-7-8-22-55(49)46-62)66-28-14-24-54-21-10-12-26-64(54)66/h1-46H. The predicted molar refractivity (Wildman–Crippen MR) is 290 cm³/mol. The Morgan fingerprint density at radius 1 is 0.176 bits per heavy atom. The van der Waals surface area contributed by atoms with Gasteiger partial charge in [0.15, 0.2) is 0 Å². The van der Waals surface area contributed by atoms with Crippen molar-refractivity contribution in [2.24, 2.45) is 0 Å². The molecule has 320 valence electrons. The second-order valence-corrected chi connectivity index (χ2v) is 17.4. The summed E-state index contributed by atoms with van der Waals surface area (Å²) in [4.78, 5) is 4.78. The number of rotatable bonds is 10. The van der Waals surface area contributed by atoms with Gasteiger partial charge < -0.3 is 9.80 Å². The molecule has 0 bridgehead atoms. The van der Waals surface area contributed by atoms with E-state index >= 15 is 0 Å². The van der Waals surface area contributed by atoms with E-state index in [1.165, 1.54) is 65.7 Å². The number of anilines is 6. The minimum Gasteiger partial charge on any atom is -0.310 e. The number of hydrogen-bond donors (Lipinski definition) is 0. The fourth-order valence-corrected chi connectivity index (χ4v) is 9.77. The summed E-state index contributed by atoms with van der Waals surface area (Å²) in [6.07, 6.45) is 0. The average molecular weight is 867 g/mol. The van der Waals surface area contributed by atoms with Gasteiger partial charge in [0.1, 0.15) is 0 Å². The number of hydrogen-bond acceptors (Lipinski definition) is 2. The van der Waals surface area contributed by atoms with Crippen molar-refractivity contribution in [2.75, 3.05) is 9.80 Å². The van der Waals surface area contributed by atoms with Gasteiger partial charge in [0, 0.05) is 33.5 Å². The fraction of sp³-hybridized carbons (Fsp3) is 0.